The predicted molar refractivity (Wildman–Crippen MR) is 97.0 cm³/mol. The smallest absolute Gasteiger partial charge is 0.210 e. The molecular formula is C21H34N2O3. The third kappa shape index (κ3) is 2.61. The molecule has 0 aromatic rings. The van der Waals surface area contributed by atoms with Crippen molar-refractivity contribution in [1.82, 2.24) is 10.2 Å². The van der Waals surface area contributed by atoms with Gasteiger partial charge in [-0.3, -0.25) is 0 Å². The molecule has 7 rings (SSSR count). The maximum Gasteiger partial charge on any atom is 0.210 e. The van der Waals surface area contributed by atoms with Crippen LogP contribution in [-0.2, 0) is 14.5 Å². The quantitative estimate of drug-likeness (QED) is 0.765. The Morgan fingerprint density at radius 2 is 1.50 bits per heavy atom. The van der Waals surface area contributed by atoms with Gasteiger partial charge in [-0.1, -0.05) is 0 Å². The molecule has 5 saturated carbocycles. The van der Waals surface area contributed by atoms with E-state index < -0.39 is 11.6 Å². The fourth-order valence-corrected chi connectivity index (χ4v) is 7.35. The fraction of sp³-hybridized carbons (Fsp3) is 1.00. The van der Waals surface area contributed by atoms with Crippen molar-refractivity contribution in [3.8, 4) is 0 Å². The van der Waals surface area contributed by atoms with Gasteiger partial charge in [0.25, 0.3) is 0 Å². The molecular weight excluding hydrogens is 328 g/mol. The van der Waals surface area contributed by atoms with Crippen LogP contribution in [0.3, 0.4) is 0 Å². The number of hydrogen-bond acceptors (Lipinski definition) is 5. The van der Waals surface area contributed by atoms with E-state index in [0.29, 0.717) is 11.8 Å². The molecule has 0 aromatic heterocycles. The SMILES string of the molecule is C1CN(C[C@H]2CC[C@]3(CC2)OO[C@]2(O3)C3CC4CC(C3)CC2C4)CCN1. The molecule has 5 nitrogen and oxygen atoms in total. The lowest BCUT2D eigenvalue weighted by Crippen LogP contribution is -2.59. The lowest BCUT2D eigenvalue weighted by molar-refractivity contribution is -0.390. The van der Waals surface area contributed by atoms with Crippen molar-refractivity contribution in [2.45, 2.75) is 69.4 Å². The monoisotopic (exact) mass is 362 g/mol. The summed E-state index contributed by atoms with van der Waals surface area (Å²) in [5.74, 6) is 2.99. The van der Waals surface area contributed by atoms with E-state index in [1.54, 1.807) is 0 Å². The van der Waals surface area contributed by atoms with Crippen molar-refractivity contribution < 1.29 is 14.5 Å². The molecule has 7 aliphatic rings. The summed E-state index contributed by atoms with van der Waals surface area (Å²) in [5, 5.41) is 3.45. The van der Waals surface area contributed by atoms with Crippen LogP contribution in [0.25, 0.3) is 0 Å². The van der Waals surface area contributed by atoms with Crippen LogP contribution in [0.1, 0.15) is 57.8 Å². The first-order chi connectivity index (χ1) is 12.7. The van der Waals surface area contributed by atoms with Gasteiger partial charge < -0.3 is 15.0 Å². The first kappa shape index (κ1) is 16.7. The Balaban J connectivity index is 1.10. The molecule has 0 atom stereocenters. The second-order valence-corrected chi connectivity index (χ2v) is 10.2. The second kappa shape index (κ2) is 6.15. The topological polar surface area (TPSA) is 43.0 Å². The van der Waals surface area contributed by atoms with E-state index in [2.05, 4.69) is 10.2 Å². The minimum atomic E-state index is -0.435. The van der Waals surface area contributed by atoms with E-state index in [0.717, 1.165) is 43.7 Å². The molecule has 0 amide bonds. The third-order valence-electron chi connectivity index (χ3n) is 8.54. The van der Waals surface area contributed by atoms with Gasteiger partial charge in [0.15, 0.2) is 0 Å². The summed E-state index contributed by atoms with van der Waals surface area (Å²) in [6.07, 6.45) is 11.1. The van der Waals surface area contributed by atoms with Crippen LogP contribution in [0.2, 0.25) is 0 Å². The number of nitrogens with one attached hydrogen (secondary N) is 1. The summed E-state index contributed by atoms with van der Waals surface area (Å²) in [7, 11) is 0. The summed E-state index contributed by atoms with van der Waals surface area (Å²) in [6.45, 7) is 5.94. The highest BCUT2D eigenvalue weighted by Gasteiger charge is 2.66. The molecule has 5 aliphatic carbocycles. The van der Waals surface area contributed by atoms with Crippen LogP contribution in [0.5, 0.6) is 0 Å². The van der Waals surface area contributed by atoms with Crippen molar-refractivity contribution >= 4 is 0 Å². The van der Waals surface area contributed by atoms with Gasteiger partial charge in [0, 0.05) is 57.4 Å². The van der Waals surface area contributed by atoms with Gasteiger partial charge in [-0.25, -0.2) is 0 Å². The van der Waals surface area contributed by atoms with E-state index in [9.17, 15) is 0 Å². The molecule has 1 N–H and O–H groups in total. The summed E-state index contributed by atoms with van der Waals surface area (Å²) in [4.78, 5) is 14.8. The van der Waals surface area contributed by atoms with Crippen LogP contribution in [0.15, 0.2) is 0 Å². The van der Waals surface area contributed by atoms with Gasteiger partial charge in [0.2, 0.25) is 11.6 Å². The zero-order chi connectivity index (χ0) is 17.2. The predicted octanol–water partition coefficient (Wildman–Crippen LogP) is 2.91. The fourth-order valence-electron chi connectivity index (χ4n) is 7.35. The summed E-state index contributed by atoms with van der Waals surface area (Å²) < 4.78 is 6.82. The van der Waals surface area contributed by atoms with Crippen LogP contribution in [0.4, 0.5) is 0 Å². The first-order valence-electron chi connectivity index (χ1n) is 11.2. The number of hydrogen-bond donors (Lipinski definition) is 1. The summed E-state index contributed by atoms with van der Waals surface area (Å²) in [5.41, 5.74) is 0. The van der Waals surface area contributed by atoms with Crippen LogP contribution >= 0.6 is 0 Å². The second-order valence-electron chi connectivity index (χ2n) is 10.2. The van der Waals surface area contributed by atoms with Crippen LogP contribution in [-0.4, -0.2) is 49.2 Å². The first-order valence-corrected chi connectivity index (χ1v) is 11.2. The average molecular weight is 363 g/mol. The minimum Gasteiger partial charge on any atom is -0.314 e. The molecule has 0 aromatic carbocycles. The lowest BCUT2D eigenvalue weighted by Gasteiger charge is -2.57. The maximum atomic E-state index is 6.82. The van der Waals surface area contributed by atoms with Gasteiger partial charge in [-0.2, -0.15) is 9.78 Å². The molecule has 5 heteroatoms. The lowest BCUT2D eigenvalue weighted by atomic mass is 9.53. The Bertz CT molecular complexity index is 511. The van der Waals surface area contributed by atoms with E-state index in [4.69, 9.17) is 14.5 Å². The highest BCUT2D eigenvalue weighted by atomic mass is 17.3. The van der Waals surface area contributed by atoms with Crippen molar-refractivity contribution in [2.24, 2.45) is 29.6 Å². The number of piperazine rings is 1. The van der Waals surface area contributed by atoms with Crippen molar-refractivity contribution in [2.75, 3.05) is 32.7 Å². The zero-order valence-electron chi connectivity index (χ0n) is 16.0. The molecule has 0 radical (unpaired) electrons. The van der Waals surface area contributed by atoms with Gasteiger partial charge in [0.05, 0.1) is 0 Å². The van der Waals surface area contributed by atoms with Gasteiger partial charge in [0.1, 0.15) is 0 Å². The van der Waals surface area contributed by atoms with Gasteiger partial charge >= 0.3 is 0 Å². The van der Waals surface area contributed by atoms with E-state index >= 15 is 0 Å². The van der Waals surface area contributed by atoms with E-state index in [-0.39, 0.29) is 0 Å². The molecule has 7 fully saturated rings. The Kier molecular flexibility index (Phi) is 3.96. The average Bonchev–Trinajstić information content (AvgIpc) is 3.03. The van der Waals surface area contributed by atoms with Gasteiger partial charge in [-0.15, -0.1) is 0 Å². The maximum absolute atomic E-state index is 6.82. The highest BCUT2D eigenvalue weighted by Crippen LogP contribution is 2.63. The summed E-state index contributed by atoms with van der Waals surface area (Å²) >= 11 is 0. The molecule has 2 saturated heterocycles. The van der Waals surface area contributed by atoms with Crippen molar-refractivity contribution in [1.29, 1.82) is 0 Å². The number of ether oxygens (including phenoxy) is 1. The molecule has 2 aliphatic heterocycles. The molecule has 2 heterocycles. The molecule has 2 spiro atoms. The number of rotatable bonds is 2. The van der Waals surface area contributed by atoms with Crippen LogP contribution < -0.4 is 5.32 Å². The Labute approximate surface area is 157 Å². The largest absolute Gasteiger partial charge is 0.314 e. The Morgan fingerprint density at radius 3 is 2.15 bits per heavy atom. The van der Waals surface area contributed by atoms with Gasteiger partial charge in [-0.05, 0) is 62.7 Å². The molecule has 0 unspecified atom stereocenters. The zero-order valence-corrected chi connectivity index (χ0v) is 16.0. The minimum absolute atomic E-state index is 0.390. The number of nitrogens with zero attached hydrogens (tertiary/aromatic N) is 1. The summed E-state index contributed by atoms with van der Waals surface area (Å²) in [6, 6.07) is 0. The van der Waals surface area contributed by atoms with Crippen molar-refractivity contribution in [3.05, 3.63) is 0 Å². The Hall–Kier alpha value is -0.200. The third-order valence-corrected chi connectivity index (χ3v) is 8.54. The molecule has 4 bridgehead atoms. The van der Waals surface area contributed by atoms with E-state index in [1.165, 1.54) is 64.6 Å². The normalized spacial score (nSPS) is 53.8. The molecule has 26 heavy (non-hydrogen) atoms. The van der Waals surface area contributed by atoms with Crippen LogP contribution in [0, 0.1) is 29.6 Å². The molecule has 146 valence electrons. The van der Waals surface area contributed by atoms with E-state index in [1.807, 2.05) is 0 Å². The highest BCUT2D eigenvalue weighted by molar-refractivity contribution is 5.05. The Morgan fingerprint density at radius 1 is 0.846 bits per heavy atom. The van der Waals surface area contributed by atoms with Crippen molar-refractivity contribution in [3.63, 3.8) is 0 Å². The standard InChI is InChI=1S/C21H34N2O3/c1-3-20(4-2-15(1)14-23-7-5-22-6-8-23)24-21(26-25-20)18-10-16-9-17(12-18)13-19(21)11-16/h15-19,22H,1-14H2/t15-,16?,17?,18?,19?,20+,21-.